The van der Waals surface area contributed by atoms with Gasteiger partial charge in [0.15, 0.2) is 6.29 Å². The molecule has 0 bridgehead atoms. The minimum Gasteiger partial charge on any atom is -0.346 e. The van der Waals surface area contributed by atoms with Crippen molar-refractivity contribution < 1.29 is 45.7 Å². The molecule has 0 amide bonds. The predicted molar refractivity (Wildman–Crippen MR) is 191 cm³/mol. The lowest BCUT2D eigenvalue weighted by atomic mass is 10.1. The number of ether oxygens (including phenoxy) is 2. The molecule has 6 rings (SSSR count). The molecule has 0 spiro atoms. The minimum absolute atomic E-state index is 0.0238. The average molecular weight is 731 g/mol. The van der Waals surface area contributed by atoms with Crippen LogP contribution in [0.15, 0.2) is 152 Å². The maximum absolute atomic E-state index is 14.3. The summed E-state index contributed by atoms with van der Waals surface area (Å²) in [6, 6.07) is 46.4. The molecule has 1 unspecified atom stereocenters. The van der Waals surface area contributed by atoms with E-state index >= 15 is 0 Å². The van der Waals surface area contributed by atoms with E-state index in [1.54, 1.807) is 0 Å². The Morgan fingerprint density at radius 1 is 0.490 bits per heavy atom. The van der Waals surface area contributed by atoms with Gasteiger partial charge in [-0.05, 0) is 22.3 Å². The Morgan fingerprint density at radius 3 is 1.27 bits per heavy atom. The average Bonchev–Trinajstić information content (AvgIpc) is 3.19. The second-order valence-corrected chi connectivity index (χ2v) is 14.9. The summed E-state index contributed by atoms with van der Waals surface area (Å²) in [4.78, 5) is 0. The van der Waals surface area contributed by atoms with E-state index < -0.39 is 34.1 Å². The Balaban J connectivity index is 1.22. The van der Waals surface area contributed by atoms with Gasteiger partial charge in [-0.2, -0.15) is 0 Å². The SMILES string of the molecule is O=P(OCc1ccccc1)(OCc1ccccc1)OC[C@H]1OC(c2ccccc2)OC[C@H]1OP(=O)(OCc1ccccc1)OCc1ccccc1. The molecule has 1 saturated heterocycles. The Labute approximate surface area is 298 Å². The standard InChI is InChI=1S/C39H40O10P2/c40-50(43-26-32-16-6-1-7-17-32,44-27-33-18-8-2-9-19-33)47-31-37-38(30-42-39(48-37)36-24-14-5-15-25-36)49-51(41,45-28-34-20-10-3-11-21-34)46-29-35-22-12-4-13-23-35/h1-25,37-39H,26-31H2/t37-,38-,39?/m1/s1. The summed E-state index contributed by atoms with van der Waals surface area (Å²) in [6.45, 7) is -0.513. The van der Waals surface area contributed by atoms with Crippen LogP contribution in [-0.2, 0) is 72.2 Å². The third-order valence-electron chi connectivity index (χ3n) is 7.79. The van der Waals surface area contributed by atoms with Gasteiger partial charge in [-0.15, -0.1) is 0 Å². The van der Waals surface area contributed by atoms with E-state index in [1.165, 1.54) is 0 Å². The first-order valence-corrected chi connectivity index (χ1v) is 19.5. The highest BCUT2D eigenvalue weighted by Gasteiger charge is 2.42. The minimum atomic E-state index is -4.26. The lowest BCUT2D eigenvalue weighted by Gasteiger charge is -2.37. The van der Waals surface area contributed by atoms with Gasteiger partial charge in [0.1, 0.15) is 12.2 Å². The van der Waals surface area contributed by atoms with E-state index in [9.17, 15) is 9.13 Å². The van der Waals surface area contributed by atoms with Gasteiger partial charge in [0.25, 0.3) is 0 Å². The molecule has 0 aromatic heterocycles. The highest BCUT2D eigenvalue weighted by atomic mass is 31.2. The second kappa shape index (κ2) is 18.6. The van der Waals surface area contributed by atoms with Gasteiger partial charge in [0.05, 0.1) is 39.6 Å². The summed E-state index contributed by atoms with van der Waals surface area (Å²) in [5.74, 6) is 0. The lowest BCUT2D eigenvalue weighted by Crippen LogP contribution is -2.44. The summed E-state index contributed by atoms with van der Waals surface area (Å²) in [6.07, 6.45) is -2.81. The molecule has 5 aromatic rings. The number of hydrogen-bond acceptors (Lipinski definition) is 10. The molecule has 0 radical (unpaired) electrons. The first-order chi connectivity index (χ1) is 25.0. The zero-order valence-corrected chi connectivity index (χ0v) is 29.7. The van der Waals surface area contributed by atoms with E-state index in [2.05, 4.69) is 0 Å². The van der Waals surface area contributed by atoms with E-state index in [4.69, 9.17) is 36.6 Å². The molecular formula is C39H40O10P2. The zero-order chi connectivity index (χ0) is 35.2. The number of phosphoric acid groups is 2. The van der Waals surface area contributed by atoms with Gasteiger partial charge in [-0.3, -0.25) is 27.1 Å². The fourth-order valence-corrected chi connectivity index (χ4v) is 7.56. The molecule has 1 aliphatic heterocycles. The summed E-state index contributed by atoms with van der Waals surface area (Å²) in [5, 5.41) is 0. The highest BCUT2D eigenvalue weighted by Crippen LogP contribution is 2.55. The molecule has 10 nitrogen and oxygen atoms in total. The van der Waals surface area contributed by atoms with Gasteiger partial charge in [-0.1, -0.05) is 152 Å². The predicted octanol–water partition coefficient (Wildman–Crippen LogP) is 9.59. The maximum Gasteiger partial charge on any atom is 0.475 e. The number of rotatable bonds is 18. The Kier molecular flexibility index (Phi) is 13.5. The third-order valence-corrected chi connectivity index (χ3v) is 10.6. The van der Waals surface area contributed by atoms with Crippen LogP contribution in [0.3, 0.4) is 0 Å². The van der Waals surface area contributed by atoms with Gasteiger partial charge < -0.3 is 9.47 Å². The van der Waals surface area contributed by atoms with Crippen LogP contribution in [0, 0.1) is 0 Å². The first-order valence-electron chi connectivity index (χ1n) is 16.5. The van der Waals surface area contributed by atoms with Crippen molar-refractivity contribution in [2.24, 2.45) is 0 Å². The largest absolute Gasteiger partial charge is 0.475 e. The molecular weight excluding hydrogens is 690 g/mol. The second-order valence-electron chi connectivity index (χ2n) is 11.6. The van der Waals surface area contributed by atoms with Crippen molar-refractivity contribution in [2.45, 2.75) is 44.9 Å². The lowest BCUT2D eigenvalue weighted by molar-refractivity contribution is -0.259. The molecule has 1 fully saturated rings. The van der Waals surface area contributed by atoms with Gasteiger partial charge in [0, 0.05) is 5.56 Å². The molecule has 1 heterocycles. The van der Waals surface area contributed by atoms with Crippen LogP contribution in [0.1, 0.15) is 34.1 Å². The highest BCUT2D eigenvalue weighted by molar-refractivity contribution is 7.48. The fraction of sp³-hybridized carbons (Fsp3) is 0.231. The van der Waals surface area contributed by atoms with Crippen molar-refractivity contribution >= 4 is 15.6 Å². The number of phosphoric ester groups is 2. The van der Waals surface area contributed by atoms with E-state index in [0.717, 1.165) is 27.8 Å². The van der Waals surface area contributed by atoms with Crippen LogP contribution in [-0.4, -0.2) is 25.4 Å². The summed E-state index contributed by atoms with van der Waals surface area (Å²) in [5.41, 5.74) is 3.86. The third kappa shape index (κ3) is 11.6. The van der Waals surface area contributed by atoms with Crippen molar-refractivity contribution in [3.63, 3.8) is 0 Å². The molecule has 266 valence electrons. The number of hydrogen-bond donors (Lipinski definition) is 0. The monoisotopic (exact) mass is 730 g/mol. The maximum atomic E-state index is 14.3. The van der Waals surface area contributed by atoms with E-state index in [1.807, 2.05) is 152 Å². The van der Waals surface area contributed by atoms with Crippen LogP contribution in [0.25, 0.3) is 0 Å². The smallest absolute Gasteiger partial charge is 0.346 e. The van der Waals surface area contributed by atoms with Crippen molar-refractivity contribution in [1.82, 2.24) is 0 Å². The Hall–Kier alpha value is -3.76. The molecule has 51 heavy (non-hydrogen) atoms. The van der Waals surface area contributed by atoms with Crippen molar-refractivity contribution in [2.75, 3.05) is 13.2 Å². The summed E-state index contributed by atoms with van der Waals surface area (Å²) < 4.78 is 76.4. The molecule has 0 saturated carbocycles. The van der Waals surface area contributed by atoms with Gasteiger partial charge in [-0.25, -0.2) is 9.13 Å². The number of benzene rings is 5. The van der Waals surface area contributed by atoms with Crippen LogP contribution >= 0.6 is 15.6 Å². The van der Waals surface area contributed by atoms with Crippen molar-refractivity contribution in [3.8, 4) is 0 Å². The molecule has 1 aliphatic rings. The quantitative estimate of drug-likeness (QED) is 0.0809. The van der Waals surface area contributed by atoms with Crippen LogP contribution < -0.4 is 0 Å². The zero-order valence-electron chi connectivity index (χ0n) is 27.9. The molecule has 0 aliphatic carbocycles. The molecule has 0 N–H and O–H groups in total. The molecule has 3 atom stereocenters. The van der Waals surface area contributed by atoms with Gasteiger partial charge in [0.2, 0.25) is 0 Å². The first kappa shape index (κ1) is 37.0. The van der Waals surface area contributed by atoms with Crippen LogP contribution in [0.2, 0.25) is 0 Å². The van der Waals surface area contributed by atoms with Crippen LogP contribution in [0.4, 0.5) is 0 Å². The normalized spacial score (nSPS) is 18.0. The van der Waals surface area contributed by atoms with Gasteiger partial charge >= 0.3 is 15.6 Å². The van der Waals surface area contributed by atoms with E-state index in [-0.39, 0.29) is 39.6 Å². The Morgan fingerprint density at radius 2 is 0.863 bits per heavy atom. The Bertz CT molecular complexity index is 1740. The topological polar surface area (TPSA) is 108 Å². The van der Waals surface area contributed by atoms with Crippen LogP contribution in [0.5, 0.6) is 0 Å². The van der Waals surface area contributed by atoms with E-state index in [0.29, 0.717) is 0 Å². The fourth-order valence-electron chi connectivity index (χ4n) is 5.06. The summed E-state index contributed by atoms with van der Waals surface area (Å²) >= 11 is 0. The molecule has 5 aromatic carbocycles. The summed E-state index contributed by atoms with van der Waals surface area (Å²) in [7, 11) is -8.46. The van der Waals surface area contributed by atoms with Crippen molar-refractivity contribution in [3.05, 3.63) is 179 Å². The molecule has 12 heteroatoms. The van der Waals surface area contributed by atoms with Crippen molar-refractivity contribution in [1.29, 1.82) is 0 Å².